The molecule has 0 aliphatic carbocycles. The molecule has 1 amide bonds. The zero-order valence-corrected chi connectivity index (χ0v) is 15.7. The Bertz CT molecular complexity index is 1010. The van der Waals surface area contributed by atoms with Gasteiger partial charge in [0, 0.05) is 13.1 Å². The van der Waals surface area contributed by atoms with Crippen molar-refractivity contribution in [3.05, 3.63) is 48.5 Å². The van der Waals surface area contributed by atoms with Crippen LogP contribution in [0.2, 0.25) is 0 Å². The van der Waals surface area contributed by atoms with Gasteiger partial charge in [-0.25, -0.2) is 19.7 Å². The predicted molar refractivity (Wildman–Crippen MR) is 104 cm³/mol. The van der Waals surface area contributed by atoms with Crippen molar-refractivity contribution in [3.63, 3.8) is 0 Å². The maximum atomic E-state index is 12.3. The van der Waals surface area contributed by atoms with E-state index in [9.17, 15) is 9.59 Å². The molecule has 1 fully saturated rings. The molecule has 1 aliphatic heterocycles. The first-order valence-corrected chi connectivity index (χ1v) is 9.73. The quantitative estimate of drug-likeness (QED) is 0.615. The number of imidazole rings is 1. The summed E-state index contributed by atoms with van der Waals surface area (Å²) in [5.41, 5.74) is 7.46. The summed E-state index contributed by atoms with van der Waals surface area (Å²) in [5.74, 6) is 0.313. The number of fused-ring (bicyclic) bond motifs is 1. The van der Waals surface area contributed by atoms with E-state index in [1.54, 1.807) is 35.5 Å². The zero-order valence-electron chi connectivity index (χ0n) is 14.9. The number of hydrogen-bond acceptors (Lipinski definition) is 8. The Hall–Kier alpha value is -3.14. The lowest BCUT2D eigenvalue weighted by Crippen LogP contribution is -2.38. The number of aromatic nitrogens is 4. The molecule has 1 saturated heterocycles. The Morgan fingerprint density at radius 1 is 1.21 bits per heavy atom. The number of esters is 1. The Balaban J connectivity index is 1.39. The minimum atomic E-state index is -0.395. The fourth-order valence-electron chi connectivity index (χ4n) is 2.99. The van der Waals surface area contributed by atoms with Gasteiger partial charge in [0.25, 0.3) is 0 Å². The highest BCUT2D eigenvalue weighted by molar-refractivity contribution is 8.01. The molecule has 0 bridgehead atoms. The van der Waals surface area contributed by atoms with Crippen LogP contribution in [0.3, 0.4) is 0 Å². The van der Waals surface area contributed by atoms with E-state index in [1.165, 1.54) is 18.1 Å². The van der Waals surface area contributed by atoms with Gasteiger partial charge in [-0.3, -0.25) is 4.79 Å². The number of anilines is 1. The summed E-state index contributed by atoms with van der Waals surface area (Å²) in [6.45, 7) is 1.10. The molecule has 0 radical (unpaired) electrons. The molecule has 3 aromatic rings. The molecule has 0 spiro atoms. The van der Waals surface area contributed by atoms with Gasteiger partial charge in [0.05, 0.1) is 17.6 Å². The van der Waals surface area contributed by atoms with Gasteiger partial charge in [-0.15, -0.1) is 11.8 Å². The molecule has 10 heteroatoms. The molecule has 2 N–H and O–H groups in total. The van der Waals surface area contributed by atoms with Gasteiger partial charge in [0.1, 0.15) is 23.8 Å². The summed E-state index contributed by atoms with van der Waals surface area (Å²) in [6.07, 6.45) is 3.02. The van der Waals surface area contributed by atoms with Gasteiger partial charge in [-0.2, -0.15) is 0 Å². The van der Waals surface area contributed by atoms with Crippen molar-refractivity contribution in [1.82, 2.24) is 24.4 Å². The minimum absolute atomic E-state index is 0.0179. The molecule has 1 atom stereocenters. The Labute approximate surface area is 164 Å². The molecule has 4 rings (SSSR count). The molecule has 0 saturated carbocycles. The smallest absolute Gasteiger partial charge is 0.338 e. The number of rotatable bonds is 6. The van der Waals surface area contributed by atoms with Crippen molar-refractivity contribution in [2.45, 2.75) is 11.9 Å². The Morgan fingerprint density at radius 2 is 2.04 bits per heavy atom. The largest absolute Gasteiger partial charge is 0.459 e. The fourth-order valence-corrected chi connectivity index (χ4v) is 4.06. The summed E-state index contributed by atoms with van der Waals surface area (Å²) in [6, 6.07) is 8.79. The summed E-state index contributed by atoms with van der Waals surface area (Å²) in [7, 11) is 0. The third kappa shape index (κ3) is 3.63. The SMILES string of the molecule is Nc1ncnc2c1ncn2CCN1C(=O)CSC1COC(=O)c1ccccc1. The summed E-state index contributed by atoms with van der Waals surface area (Å²) < 4.78 is 7.23. The number of ether oxygens (including phenoxy) is 1. The number of hydrogen-bond donors (Lipinski definition) is 1. The predicted octanol–water partition coefficient (Wildman–Crippen LogP) is 1.17. The van der Waals surface area contributed by atoms with E-state index in [4.69, 9.17) is 10.5 Å². The maximum absolute atomic E-state index is 12.3. The van der Waals surface area contributed by atoms with Crippen LogP contribution in [0.15, 0.2) is 43.0 Å². The minimum Gasteiger partial charge on any atom is -0.459 e. The molecule has 28 heavy (non-hydrogen) atoms. The van der Waals surface area contributed by atoms with Crippen LogP contribution in [0.5, 0.6) is 0 Å². The van der Waals surface area contributed by atoms with E-state index >= 15 is 0 Å². The van der Waals surface area contributed by atoms with Crippen molar-refractivity contribution in [3.8, 4) is 0 Å². The highest BCUT2D eigenvalue weighted by Crippen LogP contribution is 2.25. The van der Waals surface area contributed by atoms with Crippen molar-refractivity contribution in [2.75, 3.05) is 24.6 Å². The van der Waals surface area contributed by atoms with E-state index in [-0.39, 0.29) is 17.9 Å². The normalized spacial score (nSPS) is 16.6. The molecule has 144 valence electrons. The Kier molecular flexibility index (Phi) is 5.11. The fraction of sp³-hybridized carbons (Fsp3) is 0.278. The van der Waals surface area contributed by atoms with Crippen molar-refractivity contribution < 1.29 is 14.3 Å². The lowest BCUT2D eigenvalue weighted by Gasteiger charge is -2.23. The molecule has 1 aromatic carbocycles. The van der Waals surface area contributed by atoms with Crippen molar-refractivity contribution >= 4 is 40.6 Å². The van der Waals surface area contributed by atoms with Crippen LogP contribution in [0.1, 0.15) is 10.4 Å². The average Bonchev–Trinajstić information content (AvgIpc) is 3.29. The van der Waals surface area contributed by atoms with Crippen molar-refractivity contribution in [2.24, 2.45) is 0 Å². The van der Waals surface area contributed by atoms with Crippen LogP contribution < -0.4 is 5.73 Å². The lowest BCUT2D eigenvalue weighted by atomic mass is 10.2. The van der Waals surface area contributed by atoms with Gasteiger partial charge in [0.2, 0.25) is 5.91 Å². The van der Waals surface area contributed by atoms with Gasteiger partial charge in [-0.05, 0) is 12.1 Å². The van der Waals surface area contributed by atoms with E-state index in [2.05, 4.69) is 15.0 Å². The lowest BCUT2D eigenvalue weighted by molar-refractivity contribution is -0.128. The second kappa shape index (κ2) is 7.85. The monoisotopic (exact) mass is 398 g/mol. The van der Waals surface area contributed by atoms with E-state index in [0.29, 0.717) is 41.4 Å². The second-order valence-electron chi connectivity index (χ2n) is 6.19. The molecule has 3 heterocycles. The standard InChI is InChI=1S/C18H18N6O3S/c19-16-15-17(21-10-20-16)23(11-22-15)6-7-24-13(25)9-28-14(24)8-27-18(26)12-4-2-1-3-5-12/h1-5,10-11,14H,6-9H2,(H2,19,20,21). The van der Waals surface area contributed by atoms with Crippen LogP contribution in [0.4, 0.5) is 5.82 Å². The van der Waals surface area contributed by atoms with Crippen molar-refractivity contribution in [1.29, 1.82) is 0 Å². The number of nitrogens with two attached hydrogens (primary N) is 1. The third-order valence-electron chi connectivity index (χ3n) is 4.45. The number of amides is 1. The number of thioether (sulfide) groups is 1. The van der Waals surface area contributed by atoms with Crippen LogP contribution in [0.25, 0.3) is 11.2 Å². The summed E-state index contributed by atoms with van der Waals surface area (Å²) in [5, 5.41) is -0.213. The van der Waals surface area contributed by atoms with Gasteiger partial charge in [0.15, 0.2) is 11.5 Å². The number of carbonyl (C=O) groups excluding carboxylic acids is 2. The highest BCUT2D eigenvalue weighted by Gasteiger charge is 2.32. The maximum Gasteiger partial charge on any atom is 0.338 e. The molecule has 1 unspecified atom stereocenters. The second-order valence-corrected chi connectivity index (χ2v) is 7.35. The number of benzene rings is 1. The Morgan fingerprint density at radius 3 is 2.86 bits per heavy atom. The number of nitrogen functional groups attached to an aromatic ring is 1. The molecular weight excluding hydrogens is 380 g/mol. The zero-order chi connectivity index (χ0) is 19.5. The van der Waals surface area contributed by atoms with Crippen LogP contribution in [0, 0.1) is 0 Å². The topological polar surface area (TPSA) is 116 Å². The number of carbonyl (C=O) groups is 2. The first-order chi connectivity index (χ1) is 13.6. The molecule has 2 aromatic heterocycles. The molecule has 9 nitrogen and oxygen atoms in total. The number of nitrogens with zero attached hydrogens (tertiary/aromatic N) is 5. The van der Waals surface area contributed by atoms with Gasteiger partial charge < -0.3 is 19.9 Å². The molecule has 1 aliphatic rings. The third-order valence-corrected chi connectivity index (χ3v) is 5.63. The van der Waals surface area contributed by atoms with E-state index in [1.807, 2.05) is 10.6 Å². The summed E-state index contributed by atoms with van der Waals surface area (Å²) in [4.78, 5) is 38.5. The first-order valence-electron chi connectivity index (χ1n) is 8.68. The average molecular weight is 398 g/mol. The van der Waals surface area contributed by atoms with Gasteiger partial charge >= 0.3 is 5.97 Å². The van der Waals surface area contributed by atoms with Gasteiger partial charge in [-0.1, -0.05) is 18.2 Å². The molecular formula is C18H18N6O3S. The van der Waals surface area contributed by atoms with Crippen LogP contribution in [-0.4, -0.2) is 60.6 Å². The highest BCUT2D eigenvalue weighted by atomic mass is 32.2. The van der Waals surface area contributed by atoms with Crippen LogP contribution in [-0.2, 0) is 16.1 Å². The van der Waals surface area contributed by atoms with E-state index < -0.39 is 5.97 Å². The van der Waals surface area contributed by atoms with Crippen LogP contribution >= 0.6 is 11.8 Å². The first kappa shape index (κ1) is 18.2. The summed E-state index contributed by atoms with van der Waals surface area (Å²) >= 11 is 1.47. The van der Waals surface area contributed by atoms with E-state index in [0.717, 1.165) is 0 Å².